The highest BCUT2D eigenvalue weighted by Crippen LogP contribution is 2.03. The molecular weight excluding hydrogens is 372 g/mol. The van der Waals surface area contributed by atoms with E-state index in [1.807, 2.05) is 6.07 Å². The van der Waals surface area contributed by atoms with E-state index in [4.69, 9.17) is 4.74 Å². The summed E-state index contributed by atoms with van der Waals surface area (Å²) >= 11 is 0. The van der Waals surface area contributed by atoms with Crippen molar-refractivity contribution in [1.29, 1.82) is 0 Å². The van der Waals surface area contributed by atoms with Crippen LogP contribution < -0.4 is 10.6 Å². The van der Waals surface area contributed by atoms with E-state index < -0.39 is 42.6 Å². The third-order valence-corrected chi connectivity index (χ3v) is 3.67. The van der Waals surface area contributed by atoms with Gasteiger partial charge in [-0.1, -0.05) is 30.3 Å². The summed E-state index contributed by atoms with van der Waals surface area (Å²) in [6, 6.07) is 6.39. The second-order valence-corrected chi connectivity index (χ2v) is 5.64. The minimum absolute atomic E-state index is 0.0175. The van der Waals surface area contributed by atoms with E-state index in [1.165, 1.54) is 7.11 Å². The van der Waals surface area contributed by atoms with Gasteiger partial charge in [-0.3, -0.25) is 9.59 Å². The van der Waals surface area contributed by atoms with E-state index in [9.17, 15) is 24.3 Å². The molecule has 10 heteroatoms. The summed E-state index contributed by atoms with van der Waals surface area (Å²) in [6.45, 7) is -0.743. The predicted octanol–water partition coefficient (Wildman–Crippen LogP) is -0.115. The summed E-state index contributed by atoms with van der Waals surface area (Å²) in [5.41, 5.74) is 0.746. The molecule has 0 bridgehead atoms. The minimum atomic E-state index is -1.35. The van der Waals surface area contributed by atoms with Crippen molar-refractivity contribution in [2.75, 3.05) is 20.8 Å². The van der Waals surface area contributed by atoms with Crippen molar-refractivity contribution in [3.05, 3.63) is 35.9 Å². The molecule has 0 fully saturated rings. The van der Waals surface area contributed by atoms with Crippen LogP contribution >= 0.6 is 0 Å². The topological polar surface area (TPSA) is 140 Å². The highest BCUT2D eigenvalue weighted by Gasteiger charge is 2.27. The zero-order chi connectivity index (χ0) is 20.9. The number of methoxy groups -OCH3 is 2. The normalized spacial score (nSPS) is 12.2. The summed E-state index contributed by atoms with van der Waals surface area (Å²) in [7, 11) is 2.32. The Bertz CT molecular complexity index is 665. The lowest BCUT2D eigenvalue weighted by Gasteiger charge is -2.20. The van der Waals surface area contributed by atoms with E-state index in [-0.39, 0.29) is 19.4 Å². The second-order valence-electron chi connectivity index (χ2n) is 5.64. The van der Waals surface area contributed by atoms with Gasteiger partial charge in [-0.05, 0) is 12.0 Å². The molecule has 0 aliphatic heterocycles. The monoisotopic (exact) mass is 396 g/mol. The molecule has 10 nitrogen and oxygen atoms in total. The average molecular weight is 396 g/mol. The Labute approximate surface area is 162 Å². The molecule has 1 aromatic carbocycles. The van der Waals surface area contributed by atoms with Gasteiger partial charge in [-0.2, -0.15) is 0 Å². The largest absolute Gasteiger partial charge is 0.469 e. The summed E-state index contributed by atoms with van der Waals surface area (Å²) in [5.74, 6) is -2.18. The van der Waals surface area contributed by atoms with Crippen LogP contribution in [0.5, 0.6) is 0 Å². The van der Waals surface area contributed by atoms with Gasteiger partial charge in [-0.25, -0.2) is 9.59 Å². The molecule has 28 heavy (non-hydrogen) atoms. The Balaban J connectivity index is 2.59. The molecule has 0 aromatic heterocycles. The number of rotatable bonds is 10. The van der Waals surface area contributed by atoms with Gasteiger partial charge in [0.15, 0.2) is 0 Å². The Morgan fingerprint density at radius 1 is 1.00 bits per heavy atom. The number of aliphatic hydroxyl groups is 1. The number of hydrogen-bond donors (Lipinski definition) is 3. The first-order valence-electron chi connectivity index (χ1n) is 8.44. The first-order valence-corrected chi connectivity index (χ1v) is 8.44. The van der Waals surface area contributed by atoms with Crippen LogP contribution in [0.25, 0.3) is 0 Å². The van der Waals surface area contributed by atoms with Crippen LogP contribution in [-0.4, -0.2) is 62.0 Å². The summed E-state index contributed by atoms with van der Waals surface area (Å²) in [5, 5.41) is 13.9. The number of hydrogen-bond acceptors (Lipinski definition) is 8. The van der Waals surface area contributed by atoms with Crippen LogP contribution in [0, 0.1) is 0 Å². The fraction of sp³-hybridized carbons (Fsp3) is 0.444. The number of benzene rings is 1. The number of alkyl carbamates (subject to hydrolysis) is 1. The van der Waals surface area contributed by atoms with Crippen LogP contribution in [-0.2, 0) is 35.2 Å². The van der Waals surface area contributed by atoms with Gasteiger partial charge < -0.3 is 30.0 Å². The highest BCUT2D eigenvalue weighted by atomic mass is 16.5. The first kappa shape index (κ1) is 22.9. The Morgan fingerprint density at radius 3 is 2.25 bits per heavy atom. The molecular formula is C18H24N2O8. The van der Waals surface area contributed by atoms with Crippen molar-refractivity contribution in [3.63, 3.8) is 0 Å². The number of carbonyl (C=O) groups excluding carboxylic acids is 4. The van der Waals surface area contributed by atoms with E-state index >= 15 is 0 Å². The minimum Gasteiger partial charge on any atom is -0.469 e. The molecule has 0 spiro atoms. The van der Waals surface area contributed by atoms with Crippen molar-refractivity contribution >= 4 is 23.9 Å². The molecule has 0 unspecified atom stereocenters. The number of aliphatic hydroxyl groups excluding tert-OH is 1. The molecule has 0 radical (unpaired) electrons. The number of amides is 2. The van der Waals surface area contributed by atoms with Crippen LogP contribution in [0.4, 0.5) is 4.79 Å². The SMILES string of the molecule is COC(=O)CC[C@@H](NC(=O)[C@H](CO)NC(=O)OCc1ccccc1)C(=O)OC. The lowest BCUT2D eigenvalue weighted by atomic mass is 10.1. The van der Waals surface area contributed by atoms with Crippen molar-refractivity contribution in [2.24, 2.45) is 0 Å². The summed E-state index contributed by atoms with van der Waals surface area (Å²) in [6.07, 6.45) is -1.11. The van der Waals surface area contributed by atoms with Crippen LogP contribution in [0.2, 0.25) is 0 Å². The van der Waals surface area contributed by atoms with E-state index in [0.717, 1.165) is 12.7 Å². The van der Waals surface area contributed by atoms with Gasteiger partial charge in [0.1, 0.15) is 18.7 Å². The van der Waals surface area contributed by atoms with E-state index in [0.29, 0.717) is 0 Å². The summed E-state index contributed by atoms with van der Waals surface area (Å²) in [4.78, 5) is 47.1. The maximum absolute atomic E-state index is 12.3. The fourth-order valence-corrected chi connectivity index (χ4v) is 2.13. The molecule has 2 atom stereocenters. The standard InChI is InChI=1S/C18H24N2O8/c1-26-15(22)9-8-13(17(24)27-2)19-16(23)14(10-21)20-18(25)28-11-12-6-4-3-5-7-12/h3-7,13-14,21H,8-11H2,1-2H3,(H,19,23)(H,20,25)/t13-,14+/m1/s1. The number of esters is 2. The van der Waals surface area contributed by atoms with Crippen LogP contribution in [0.1, 0.15) is 18.4 Å². The molecule has 2 amide bonds. The highest BCUT2D eigenvalue weighted by molar-refractivity contribution is 5.90. The lowest BCUT2D eigenvalue weighted by Crippen LogP contribution is -2.53. The van der Waals surface area contributed by atoms with Gasteiger partial charge in [0.05, 0.1) is 20.8 Å². The van der Waals surface area contributed by atoms with E-state index in [2.05, 4.69) is 20.1 Å². The van der Waals surface area contributed by atoms with Gasteiger partial charge in [0, 0.05) is 6.42 Å². The van der Waals surface area contributed by atoms with Crippen LogP contribution in [0.15, 0.2) is 30.3 Å². The zero-order valence-corrected chi connectivity index (χ0v) is 15.7. The molecule has 1 aromatic rings. The molecule has 1 rings (SSSR count). The quantitative estimate of drug-likeness (QED) is 0.367. The molecule has 0 heterocycles. The Hall–Kier alpha value is -3.14. The van der Waals surface area contributed by atoms with Gasteiger partial charge in [0.25, 0.3) is 0 Å². The van der Waals surface area contributed by atoms with Crippen molar-refractivity contribution < 1.29 is 38.5 Å². The van der Waals surface area contributed by atoms with Gasteiger partial charge in [0.2, 0.25) is 5.91 Å². The Morgan fingerprint density at radius 2 is 1.68 bits per heavy atom. The van der Waals surface area contributed by atoms with Crippen molar-refractivity contribution in [3.8, 4) is 0 Å². The van der Waals surface area contributed by atoms with E-state index in [1.54, 1.807) is 24.3 Å². The smallest absolute Gasteiger partial charge is 0.408 e. The second kappa shape index (κ2) is 12.3. The number of nitrogens with one attached hydrogen (secondary N) is 2. The third-order valence-electron chi connectivity index (χ3n) is 3.67. The number of ether oxygens (including phenoxy) is 3. The fourth-order valence-electron chi connectivity index (χ4n) is 2.13. The molecule has 0 saturated carbocycles. The molecule has 0 aliphatic carbocycles. The maximum Gasteiger partial charge on any atom is 0.408 e. The van der Waals surface area contributed by atoms with Crippen molar-refractivity contribution in [1.82, 2.24) is 10.6 Å². The van der Waals surface area contributed by atoms with Crippen LogP contribution in [0.3, 0.4) is 0 Å². The predicted molar refractivity (Wildman–Crippen MR) is 95.8 cm³/mol. The zero-order valence-electron chi connectivity index (χ0n) is 15.7. The third kappa shape index (κ3) is 8.04. The average Bonchev–Trinajstić information content (AvgIpc) is 2.72. The maximum atomic E-state index is 12.3. The van der Waals surface area contributed by atoms with Gasteiger partial charge in [-0.15, -0.1) is 0 Å². The lowest BCUT2D eigenvalue weighted by molar-refractivity contribution is -0.146. The Kier molecular flexibility index (Phi) is 10.0. The van der Waals surface area contributed by atoms with Gasteiger partial charge >= 0.3 is 18.0 Å². The molecule has 154 valence electrons. The molecule has 3 N–H and O–H groups in total. The first-order chi connectivity index (χ1) is 13.4. The molecule has 0 saturated heterocycles. The summed E-state index contributed by atoms with van der Waals surface area (Å²) < 4.78 is 14.1. The number of carbonyl (C=O) groups is 4. The molecule has 0 aliphatic rings. The van der Waals surface area contributed by atoms with Crippen molar-refractivity contribution in [2.45, 2.75) is 31.5 Å².